The maximum atomic E-state index is 6.58. The SMILES string of the molecule is c1cc(-c2ccc3c(c2)Sc2ccccc2N3c2cccc3c2oc2ccccc23)cc(-c2ccc3c4ccccc4n(-c4cccc5c4oc4ccccc45)c3c2)c1. The first-order chi connectivity index (χ1) is 29.2. The highest BCUT2D eigenvalue weighted by Crippen LogP contribution is 2.54. The Bertz CT molecular complexity index is 3680. The molecule has 13 rings (SSSR count). The molecule has 0 spiro atoms. The van der Waals surface area contributed by atoms with Gasteiger partial charge in [-0.15, -0.1) is 0 Å². The van der Waals surface area contributed by atoms with Crippen molar-refractivity contribution < 1.29 is 8.83 Å². The molecule has 12 aromatic rings. The van der Waals surface area contributed by atoms with Crippen molar-refractivity contribution in [3.8, 4) is 27.9 Å². The van der Waals surface area contributed by atoms with Crippen molar-refractivity contribution in [2.45, 2.75) is 9.79 Å². The molecule has 0 radical (unpaired) electrons. The zero-order valence-electron chi connectivity index (χ0n) is 31.6. The Kier molecular flexibility index (Phi) is 6.91. The fourth-order valence-corrected chi connectivity index (χ4v) is 10.4. The van der Waals surface area contributed by atoms with Crippen LogP contribution in [0.1, 0.15) is 0 Å². The van der Waals surface area contributed by atoms with Gasteiger partial charge in [0.05, 0.1) is 33.8 Å². The number of benzene rings is 9. The summed E-state index contributed by atoms with van der Waals surface area (Å²) in [7, 11) is 0. The third-order valence-electron chi connectivity index (χ3n) is 12.0. The summed E-state index contributed by atoms with van der Waals surface area (Å²) in [4.78, 5) is 4.78. The fraction of sp³-hybridized carbons (Fsp3) is 0. The van der Waals surface area contributed by atoms with Gasteiger partial charge in [0, 0.05) is 42.1 Å². The summed E-state index contributed by atoms with van der Waals surface area (Å²) < 4.78 is 15.5. The summed E-state index contributed by atoms with van der Waals surface area (Å²) in [6.07, 6.45) is 0. The largest absolute Gasteiger partial charge is 0.454 e. The van der Waals surface area contributed by atoms with Crippen LogP contribution < -0.4 is 4.90 Å². The summed E-state index contributed by atoms with van der Waals surface area (Å²) in [5, 5.41) is 6.92. The first-order valence-electron chi connectivity index (χ1n) is 19.9. The number of hydrogen-bond acceptors (Lipinski definition) is 4. The minimum Gasteiger partial charge on any atom is -0.454 e. The highest BCUT2D eigenvalue weighted by molar-refractivity contribution is 7.99. The Labute approximate surface area is 343 Å². The Balaban J connectivity index is 0.935. The number of rotatable bonds is 4. The first-order valence-corrected chi connectivity index (χ1v) is 20.7. The molecule has 4 nitrogen and oxygen atoms in total. The molecule has 0 aliphatic carbocycles. The summed E-state index contributed by atoms with van der Waals surface area (Å²) in [5.41, 5.74) is 14.9. The molecule has 0 atom stereocenters. The van der Waals surface area contributed by atoms with Crippen LogP contribution in [0.3, 0.4) is 0 Å². The fourth-order valence-electron chi connectivity index (χ4n) is 9.30. The molecule has 1 aliphatic rings. The van der Waals surface area contributed by atoms with Gasteiger partial charge < -0.3 is 18.3 Å². The topological polar surface area (TPSA) is 34.5 Å². The van der Waals surface area contributed by atoms with E-state index in [-0.39, 0.29) is 0 Å². The smallest absolute Gasteiger partial charge is 0.159 e. The van der Waals surface area contributed by atoms with Gasteiger partial charge in [-0.3, -0.25) is 0 Å². The average Bonchev–Trinajstić information content (AvgIpc) is 3.98. The molecule has 1 aliphatic heterocycles. The van der Waals surface area contributed by atoms with Crippen LogP contribution in [0.25, 0.3) is 93.6 Å². The molecule has 0 bridgehead atoms. The molecule has 0 amide bonds. The Morgan fingerprint density at radius 2 is 0.847 bits per heavy atom. The average molecular weight is 773 g/mol. The van der Waals surface area contributed by atoms with Gasteiger partial charge in [0.15, 0.2) is 11.2 Å². The van der Waals surface area contributed by atoms with Crippen LogP contribution in [-0.2, 0) is 0 Å². The molecule has 0 unspecified atom stereocenters. The molecule has 3 aromatic heterocycles. The zero-order chi connectivity index (χ0) is 38.6. The number of furan rings is 2. The van der Waals surface area contributed by atoms with Crippen molar-refractivity contribution in [2.24, 2.45) is 0 Å². The van der Waals surface area contributed by atoms with Gasteiger partial charge in [-0.2, -0.15) is 0 Å². The van der Waals surface area contributed by atoms with E-state index < -0.39 is 0 Å². The second-order valence-corrected chi connectivity index (χ2v) is 16.3. The summed E-state index contributed by atoms with van der Waals surface area (Å²) in [5.74, 6) is 0. The maximum Gasteiger partial charge on any atom is 0.159 e. The molecular weight excluding hydrogens is 741 g/mol. The van der Waals surface area contributed by atoms with Gasteiger partial charge in [0.1, 0.15) is 11.2 Å². The Morgan fingerprint density at radius 3 is 1.63 bits per heavy atom. The van der Waals surface area contributed by atoms with Crippen molar-refractivity contribution in [1.29, 1.82) is 0 Å². The molecule has 4 heterocycles. The summed E-state index contributed by atoms with van der Waals surface area (Å²) >= 11 is 1.82. The molecule has 0 saturated carbocycles. The molecular formula is C54H32N2O2S. The van der Waals surface area contributed by atoms with Crippen molar-refractivity contribution in [2.75, 3.05) is 4.90 Å². The number of hydrogen-bond donors (Lipinski definition) is 0. The van der Waals surface area contributed by atoms with Crippen LogP contribution in [0.5, 0.6) is 0 Å². The van der Waals surface area contributed by atoms with Crippen LogP contribution in [0, 0.1) is 0 Å². The van der Waals surface area contributed by atoms with Crippen molar-refractivity contribution >= 4 is 94.5 Å². The van der Waals surface area contributed by atoms with Crippen molar-refractivity contribution in [1.82, 2.24) is 4.57 Å². The summed E-state index contributed by atoms with van der Waals surface area (Å²) in [6, 6.07) is 69.6. The molecule has 5 heteroatoms. The highest BCUT2D eigenvalue weighted by atomic mass is 32.2. The molecule has 9 aromatic carbocycles. The lowest BCUT2D eigenvalue weighted by Crippen LogP contribution is -2.15. The third kappa shape index (κ3) is 4.86. The van der Waals surface area contributed by atoms with E-state index in [1.807, 2.05) is 30.0 Å². The van der Waals surface area contributed by atoms with Gasteiger partial charge in [-0.1, -0.05) is 139 Å². The number of aromatic nitrogens is 1. The minimum atomic E-state index is 0.892. The van der Waals surface area contributed by atoms with Gasteiger partial charge >= 0.3 is 0 Å². The van der Waals surface area contributed by atoms with Gasteiger partial charge in [0.2, 0.25) is 0 Å². The van der Waals surface area contributed by atoms with E-state index in [0.29, 0.717) is 0 Å². The van der Waals surface area contributed by atoms with Crippen molar-refractivity contribution in [3.63, 3.8) is 0 Å². The quantitative estimate of drug-likeness (QED) is 0.178. The van der Waals surface area contributed by atoms with E-state index in [1.54, 1.807) is 0 Å². The normalized spacial score (nSPS) is 12.6. The van der Waals surface area contributed by atoms with E-state index in [0.717, 1.165) is 88.8 Å². The van der Waals surface area contributed by atoms with Crippen molar-refractivity contribution in [3.05, 3.63) is 194 Å². The highest BCUT2D eigenvalue weighted by Gasteiger charge is 2.28. The number of para-hydroxylation sites is 6. The maximum absolute atomic E-state index is 6.58. The van der Waals surface area contributed by atoms with Crippen LogP contribution in [0.2, 0.25) is 0 Å². The van der Waals surface area contributed by atoms with Crippen LogP contribution in [0.4, 0.5) is 17.1 Å². The monoisotopic (exact) mass is 772 g/mol. The molecule has 276 valence electrons. The van der Waals surface area contributed by atoms with Crippen LogP contribution >= 0.6 is 11.8 Å². The first kappa shape index (κ1) is 32.6. The number of nitrogens with zero attached hydrogens (tertiary/aromatic N) is 2. The van der Waals surface area contributed by atoms with E-state index in [1.165, 1.54) is 31.7 Å². The predicted octanol–water partition coefficient (Wildman–Crippen LogP) is 15.9. The summed E-state index contributed by atoms with van der Waals surface area (Å²) in [6.45, 7) is 0. The van der Waals surface area contributed by atoms with E-state index in [4.69, 9.17) is 8.83 Å². The second kappa shape index (κ2) is 12.5. The van der Waals surface area contributed by atoms with Gasteiger partial charge in [-0.05, 0) is 89.0 Å². The Hall–Kier alpha value is -7.47. The van der Waals surface area contributed by atoms with E-state index in [2.05, 4.69) is 185 Å². The molecule has 0 saturated heterocycles. The third-order valence-corrected chi connectivity index (χ3v) is 13.1. The van der Waals surface area contributed by atoms with Crippen LogP contribution in [0.15, 0.2) is 213 Å². The zero-order valence-corrected chi connectivity index (χ0v) is 32.4. The van der Waals surface area contributed by atoms with Gasteiger partial charge in [-0.25, -0.2) is 0 Å². The minimum absolute atomic E-state index is 0.892. The van der Waals surface area contributed by atoms with E-state index in [9.17, 15) is 0 Å². The lowest BCUT2D eigenvalue weighted by Gasteiger charge is -2.33. The molecule has 0 fully saturated rings. The second-order valence-electron chi connectivity index (χ2n) is 15.3. The lowest BCUT2D eigenvalue weighted by atomic mass is 9.98. The molecule has 0 N–H and O–H groups in total. The van der Waals surface area contributed by atoms with E-state index >= 15 is 0 Å². The number of fused-ring (bicyclic) bond motifs is 11. The van der Waals surface area contributed by atoms with Gasteiger partial charge in [0.25, 0.3) is 0 Å². The standard InChI is InChI=1S/C54H32N2O2S/c1-4-19-43-37(14-1)38-28-26-35(31-48(38)55(43)46-21-10-17-41-39-15-2-6-23-49(39)57-53(41)46)33-12-9-13-34(30-33)36-27-29-45-52(32-36)59-51-25-8-5-20-44(51)56(45)47-22-11-18-42-40-16-3-7-24-50(40)58-54(42)47/h1-32H. The predicted molar refractivity (Wildman–Crippen MR) is 245 cm³/mol. The molecule has 59 heavy (non-hydrogen) atoms. The number of anilines is 3. The Morgan fingerprint density at radius 1 is 0.322 bits per heavy atom. The lowest BCUT2D eigenvalue weighted by molar-refractivity contribution is 0.666. The van der Waals surface area contributed by atoms with Crippen LogP contribution in [-0.4, -0.2) is 4.57 Å².